The zero-order chi connectivity index (χ0) is 42.1. The molecule has 2 fully saturated rings. The average Bonchev–Trinajstić information content (AvgIpc) is 3.43. The Kier molecular flexibility index (Phi) is 16.9. The predicted molar refractivity (Wildman–Crippen MR) is 191 cm³/mol. The van der Waals surface area contributed by atoms with Gasteiger partial charge in [-0.15, -0.1) is 0 Å². The molecular weight excluding hydrogens is 769 g/mol. The van der Waals surface area contributed by atoms with Crippen molar-refractivity contribution in [2.75, 3.05) is 39.6 Å². The van der Waals surface area contributed by atoms with E-state index in [1.54, 1.807) is 27.7 Å². The Morgan fingerprint density at radius 2 is 1.48 bits per heavy atom. The summed E-state index contributed by atoms with van der Waals surface area (Å²) in [6.07, 6.45) is -8.79. The monoisotopic (exact) mass is 823 g/mol. The van der Waals surface area contributed by atoms with Crippen molar-refractivity contribution >= 4 is 31.4 Å². The van der Waals surface area contributed by atoms with Crippen molar-refractivity contribution in [3.8, 4) is 0 Å². The van der Waals surface area contributed by atoms with Crippen LogP contribution in [0.5, 0.6) is 0 Å². The van der Waals surface area contributed by atoms with Crippen LogP contribution >= 0.6 is 7.52 Å². The fraction of sp³-hybridized carbons (Fsp3) is 0.765. The Morgan fingerprint density at radius 3 is 2.02 bits per heavy atom. The molecular formula is C34H54N3O18P. The lowest BCUT2D eigenvalue weighted by molar-refractivity contribution is -0.309. The smallest absolute Gasteiger partial charge is 0.331 e. The second kappa shape index (κ2) is 20.2. The van der Waals surface area contributed by atoms with Crippen LogP contribution in [0.15, 0.2) is 15.8 Å². The van der Waals surface area contributed by atoms with Gasteiger partial charge in [-0.1, -0.05) is 0 Å². The van der Waals surface area contributed by atoms with Gasteiger partial charge in [0.05, 0.1) is 39.1 Å². The number of carbonyl (C=O) groups excluding carboxylic acids is 4. The van der Waals surface area contributed by atoms with Crippen LogP contribution in [-0.2, 0) is 71.6 Å². The van der Waals surface area contributed by atoms with Crippen molar-refractivity contribution < 1.29 is 76.4 Å². The third kappa shape index (κ3) is 11.1. The van der Waals surface area contributed by atoms with Crippen LogP contribution in [0.3, 0.4) is 0 Å². The molecule has 318 valence electrons. The molecule has 0 saturated carbocycles. The van der Waals surface area contributed by atoms with Gasteiger partial charge in [0.1, 0.15) is 18.8 Å². The summed E-state index contributed by atoms with van der Waals surface area (Å²) in [5.74, 6) is -3.08. The van der Waals surface area contributed by atoms with E-state index in [0.717, 1.165) is 32.3 Å². The molecule has 0 bridgehead atoms. The van der Waals surface area contributed by atoms with Gasteiger partial charge in [-0.05, 0) is 34.6 Å². The summed E-state index contributed by atoms with van der Waals surface area (Å²) in [5.41, 5.74) is -3.77. The number of aliphatic hydroxyl groups is 2. The van der Waals surface area contributed by atoms with E-state index < -0.39 is 123 Å². The van der Waals surface area contributed by atoms with Crippen LogP contribution in [0.25, 0.3) is 0 Å². The van der Waals surface area contributed by atoms with Crippen molar-refractivity contribution in [1.82, 2.24) is 14.2 Å². The van der Waals surface area contributed by atoms with E-state index in [9.17, 15) is 39.0 Å². The van der Waals surface area contributed by atoms with Gasteiger partial charge in [0.25, 0.3) is 5.56 Å². The molecule has 22 heteroatoms. The molecule has 56 heavy (non-hydrogen) atoms. The molecule has 3 heterocycles. The average molecular weight is 824 g/mol. The fourth-order valence-corrected chi connectivity index (χ4v) is 9.99. The van der Waals surface area contributed by atoms with Crippen LogP contribution < -0.4 is 11.2 Å². The highest BCUT2D eigenvalue weighted by Gasteiger charge is 2.64. The van der Waals surface area contributed by atoms with Gasteiger partial charge < -0.3 is 52.6 Å². The maximum atomic E-state index is 15.5. The topological polar surface area (TPSA) is 267 Å². The largest absolute Gasteiger partial charge is 0.463 e. The SMILES string of the molecule is CC(=O)OC[C@H]1O[C@@H](OCCOCCOP(=O)(N(C(C)C)C(C)C)[C@]2(n3cc(C)c(=O)[nH]c3=O)C[C@H](O)[C@@H](CO)O2)[C@H](OC(C)=O)[C@@H](OC(C)=O)[C@H]1OC(C)=O. The lowest BCUT2D eigenvalue weighted by atomic mass is 9.98. The van der Waals surface area contributed by atoms with Crippen LogP contribution in [0.1, 0.15) is 67.4 Å². The van der Waals surface area contributed by atoms with Gasteiger partial charge in [0, 0.05) is 58.0 Å². The molecule has 2 aliphatic rings. The Balaban J connectivity index is 1.84. The number of nitrogens with one attached hydrogen (secondary N) is 1. The van der Waals surface area contributed by atoms with E-state index in [2.05, 4.69) is 4.98 Å². The highest BCUT2D eigenvalue weighted by atomic mass is 31.2. The van der Waals surface area contributed by atoms with Crippen LogP contribution in [-0.4, -0.2) is 143 Å². The highest BCUT2D eigenvalue weighted by Crippen LogP contribution is 2.69. The van der Waals surface area contributed by atoms with E-state index in [-0.39, 0.29) is 32.0 Å². The third-order valence-corrected chi connectivity index (χ3v) is 12.1. The quantitative estimate of drug-likeness (QED) is 0.0720. The van der Waals surface area contributed by atoms with Crippen LogP contribution in [0, 0.1) is 6.92 Å². The summed E-state index contributed by atoms with van der Waals surface area (Å²) in [5, 5.41) is 21.0. The number of nitrogens with zero attached hydrogens (tertiary/aromatic N) is 2. The maximum Gasteiger partial charge on any atom is 0.331 e. The second-order valence-electron chi connectivity index (χ2n) is 13.8. The summed E-state index contributed by atoms with van der Waals surface area (Å²) < 4.78 is 68.9. The van der Waals surface area contributed by atoms with Gasteiger partial charge in [-0.2, -0.15) is 0 Å². The van der Waals surface area contributed by atoms with Gasteiger partial charge >= 0.3 is 37.1 Å². The van der Waals surface area contributed by atoms with Gasteiger partial charge in [0.2, 0.25) is 5.47 Å². The normalized spacial score (nSPS) is 27.6. The minimum Gasteiger partial charge on any atom is -0.463 e. The van der Waals surface area contributed by atoms with Crippen molar-refractivity contribution in [3.63, 3.8) is 0 Å². The maximum absolute atomic E-state index is 15.5. The molecule has 3 rings (SSSR count). The summed E-state index contributed by atoms with van der Waals surface area (Å²) in [6.45, 7) is 10.8. The molecule has 2 saturated heterocycles. The molecule has 3 N–H and O–H groups in total. The summed E-state index contributed by atoms with van der Waals surface area (Å²) >= 11 is 0. The molecule has 0 aliphatic carbocycles. The molecule has 1 aromatic rings. The Bertz CT molecular complexity index is 1690. The number of hydrogen-bond donors (Lipinski definition) is 3. The number of hydrogen-bond acceptors (Lipinski definition) is 18. The van der Waals surface area contributed by atoms with Crippen molar-refractivity contribution in [3.05, 3.63) is 32.6 Å². The Hall–Kier alpha value is -3.53. The molecule has 0 aromatic carbocycles. The van der Waals surface area contributed by atoms with E-state index in [0.29, 0.717) is 0 Å². The van der Waals surface area contributed by atoms with Crippen molar-refractivity contribution in [2.24, 2.45) is 0 Å². The second-order valence-corrected chi connectivity index (χ2v) is 16.2. The van der Waals surface area contributed by atoms with Gasteiger partial charge in [0.15, 0.2) is 24.6 Å². The minimum atomic E-state index is -4.46. The summed E-state index contributed by atoms with van der Waals surface area (Å²) in [7, 11) is -4.46. The standard InChI is InChI=1S/C34H54N3O18P/c1-18(2)37(19(3)4)56(46,34(14-25(43)26(16-38)55-34)36-15-20(5)31(44)35-33(36)45)50-13-11-47-10-12-48-32-30(53-24(9)42)29(52-23(8)41)28(51-22(7)40)27(54-32)17-49-21(6)39/h15,18-19,25-30,32,38,43H,10-14,16-17H2,1-9H3,(H,35,44,45)/t25-,26+,27+,28-,29-,30+,32+,34-,56?/m0/s1. The zero-order valence-electron chi connectivity index (χ0n) is 33.0. The van der Waals surface area contributed by atoms with Crippen molar-refractivity contribution in [2.45, 2.75) is 129 Å². The molecule has 21 nitrogen and oxygen atoms in total. The van der Waals surface area contributed by atoms with E-state index in [1.807, 2.05) is 0 Å². The zero-order valence-corrected chi connectivity index (χ0v) is 33.9. The Morgan fingerprint density at radius 1 is 0.911 bits per heavy atom. The molecule has 1 aromatic heterocycles. The first-order valence-electron chi connectivity index (χ1n) is 18.0. The number of esters is 4. The molecule has 0 amide bonds. The molecule has 1 unspecified atom stereocenters. The first-order valence-corrected chi connectivity index (χ1v) is 19.6. The number of aromatic nitrogens is 2. The minimum absolute atomic E-state index is 0.0849. The molecule has 9 atom stereocenters. The van der Waals surface area contributed by atoms with Crippen molar-refractivity contribution in [1.29, 1.82) is 0 Å². The van der Waals surface area contributed by atoms with Crippen LogP contribution in [0.4, 0.5) is 0 Å². The summed E-state index contributed by atoms with van der Waals surface area (Å²) in [6, 6.07) is -0.941. The van der Waals surface area contributed by atoms with E-state index in [4.69, 9.17) is 42.4 Å². The Labute approximate surface area is 323 Å². The van der Waals surface area contributed by atoms with E-state index in [1.165, 1.54) is 17.8 Å². The predicted octanol–water partition coefficient (Wildman–Crippen LogP) is 0.0422. The van der Waals surface area contributed by atoms with Gasteiger partial charge in [-0.3, -0.25) is 38.1 Å². The number of H-pyrrole nitrogens is 1. The fourth-order valence-electron chi connectivity index (χ4n) is 6.65. The van der Waals surface area contributed by atoms with E-state index >= 15 is 4.57 Å². The molecule has 0 radical (unpaired) electrons. The third-order valence-electron chi connectivity index (χ3n) is 8.68. The number of aromatic amines is 1. The number of aliphatic hydroxyl groups excluding tert-OH is 2. The summed E-state index contributed by atoms with van der Waals surface area (Å²) in [4.78, 5) is 75.6. The first kappa shape index (κ1) is 46.8. The number of ether oxygens (including phenoxy) is 8. The van der Waals surface area contributed by atoms with Crippen LogP contribution in [0.2, 0.25) is 0 Å². The number of aryl methyl sites for hydroxylation is 1. The molecule has 2 aliphatic heterocycles. The lowest BCUT2D eigenvalue weighted by Crippen LogP contribution is -2.63. The highest BCUT2D eigenvalue weighted by molar-refractivity contribution is 7.57. The molecule has 0 spiro atoms. The lowest BCUT2D eigenvalue weighted by Gasteiger charge is -2.46. The number of carbonyl (C=O) groups is 4. The van der Waals surface area contributed by atoms with Gasteiger partial charge in [-0.25, -0.2) is 9.46 Å². The number of rotatable bonds is 19. The first-order chi connectivity index (χ1) is 26.2.